The second-order valence-electron chi connectivity index (χ2n) is 2.76. The summed E-state index contributed by atoms with van der Waals surface area (Å²) in [5, 5.41) is 9.39. The molecule has 0 aliphatic heterocycles. The molecule has 1 aliphatic carbocycles. The zero-order valence-electron chi connectivity index (χ0n) is 8.45. The van der Waals surface area contributed by atoms with E-state index < -0.39 is 0 Å². The minimum atomic E-state index is 0.0726. The van der Waals surface area contributed by atoms with Crippen molar-refractivity contribution in [3.63, 3.8) is 0 Å². The molecule has 2 nitrogen and oxygen atoms in total. The topological polar surface area (TPSA) is 37.3 Å². The summed E-state index contributed by atoms with van der Waals surface area (Å²) in [4.78, 5) is 11.3. The van der Waals surface area contributed by atoms with Crippen molar-refractivity contribution in [3.05, 3.63) is 41.5 Å². The Morgan fingerprint density at radius 1 is 1.14 bits per heavy atom. The number of allylic oxidation sites excluding steroid dienone is 1. The van der Waals surface area contributed by atoms with Gasteiger partial charge in [-0.2, -0.15) is 0 Å². The largest absolute Gasteiger partial charge is 0.508 e. The van der Waals surface area contributed by atoms with Crippen LogP contribution in [0, 0.1) is 0 Å². The summed E-state index contributed by atoms with van der Waals surface area (Å²) in [5.74, 6) is 0.286. The molecule has 0 radical (unpaired) electrons. The van der Waals surface area contributed by atoms with Crippen LogP contribution in [-0.2, 0) is 0 Å². The Labute approximate surface area is 83.9 Å². The van der Waals surface area contributed by atoms with Gasteiger partial charge in [0, 0.05) is 17.5 Å². The Morgan fingerprint density at radius 3 is 2.29 bits per heavy atom. The van der Waals surface area contributed by atoms with Gasteiger partial charge in [-0.1, -0.05) is 38.1 Å². The van der Waals surface area contributed by atoms with Crippen molar-refractivity contribution < 1.29 is 9.90 Å². The fourth-order valence-corrected chi connectivity index (χ4v) is 1.36. The van der Waals surface area contributed by atoms with E-state index in [9.17, 15) is 9.90 Å². The average Bonchev–Trinajstić information content (AvgIpc) is 2.27. The van der Waals surface area contributed by atoms with Gasteiger partial charge in [-0.15, -0.1) is 0 Å². The Bertz CT molecular complexity index is 364. The fraction of sp³-hybridized carbons (Fsp3) is 0.250. The van der Waals surface area contributed by atoms with E-state index in [-0.39, 0.29) is 11.5 Å². The molecule has 0 atom stereocenters. The van der Waals surface area contributed by atoms with Gasteiger partial charge in [0.1, 0.15) is 5.76 Å². The van der Waals surface area contributed by atoms with Crippen LogP contribution < -0.4 is 0 Å². The third kappa shape index (κ3) is 1.84. The van der Waals surface area contributed by atoms with E-state index in [0.717, 1.165) is 0 Å². The van der Waals surface area contributed by atoms with Gasteiger partial charge in [0.2, 0.25) is 0 Å². The summed E-state index contributed by atoms with van der Waals surface area (Å²) in [7, 11) is 0. The fourth-order valence-electron chi connectivity index (χ4n) is 1.36. The Hall–Kier alpha value is -1.57. The number of fused-ring (bicyclic) bond motifs is 1. The van der Waals surface area contributed by atoms with Crippen molar-refractivity contribution in [1.29, 1.82) is 0 Å². The number of aliphatic hydroxyl groups is 1. The number of benzene rings is 1. The molecule has 1 aromatic rings. The first-order chi connectivity index (χ1) is 6.79. The molecule has 2 rings (SSSR count). The maximum atomic E-state index is 11.3. The van der Waals surface area contributed by atoms with E-state index in [0.29, 0.717) is 17.5 Å². The molecule has 0 heterocycles. The van der Waals surface area contributed by atoms with E-state index >= 15 is 0 Å². The molecular weight excluding hydrogens is 176 g/mol. The standard InChI is InChI=1S/C10H8O2.C2H6/c11-9-5-6-10(12)8-4-2-1-3-7(8)9;1-2/h1-5,11H,6H2;1-2H3. The van der Waals surface area contributed by atoms with Gasteiger partial charge >= 0.3 is 0 Å². The monoisotopic (exact) mass is 190 g/mol. The van der Waals surface area contributed by atoms with Gasteiger partial charge in [0.25, 0.3) is 0 Å². The van der Waals surface area contributed by atoms with Crippen LogP contribution in [0.5, 0.6) is 0 Å². The lowest BCUT2D eigenvalue weighted by Crippen LogP contribution is -2.06. The highest BCUT2D eigenvalue weighted by Crippen LogP contribution is 2.23. The summed E-state index contributed by atoms with van der Waals surface area (Å²) in [6, 6.07) is 7.09. The number of Topliss-reactive ketones (excluding diaryl/α,β-unsaturated/α-hetero) is 1. The van der Waals surface area contributed by atoms with Crippen molar-refractivity contribution in [2.45, 2.75) is 20.3 Å². The lowest BCUT2D eigenvalue weighted by molar-refractivity contribution is 0.0992. The molecule has 74 valence electrons. The molecule has 0 spiro atoms. The molecule has 1 aromatic carbocycles. The number of aliphatic hydroxyl groups excluding tert-OH is 1. The molecule has 14 heavy (non-hydrogen) atoms. The van der Waals surface area contributed by atoms with Gasteiger partial charge in [-0.25, -0.2) is 0 Å². The molecule has 2 heteroatoms. The van der Waals surface area contributed by atoms with Crippen LogP contribution in [0.1, 0.15) is 36.2 Å². The van der Waals surface area contributed by atoms with E-state index in [1.807, 2.05) is 19.9 Å². The summed E-state index contributed by atoms with van der Waals surface area (Å²) in [6.07, 6.45) is 1.85. The molecule has 1 aliphatic rings. The highest BCUT2D eigenvalue weighted by molar-refractivity contribution is 6.03. The van der Waals surface area contributed by atoms with Crippen LogP contribution >= 0.6 is 0 Å². The Morgan fingerprint density at radius 2 is 1.71 bits per heavy atom. The minimum absolute atomic E-state index is 0.0726. The minimum Gasteiger partial charge on any atom is -0.508 e. The normalized spacial score (nSPS) is 13.6. The Balaban J connectivity index is 0.000000461. The van der Waals surface area contributed by atoms with Crippen LogP contribution in [0.3, 0.4) is 0 Å². The van der Waals surface area contributed by atoms with E-state index in [1.165, 1.54) is 0 Å². The SMILES string of the molecule is CC.O=C1CC=C(O)c2ccccc21. The zero-order valence-corrected chi connectivity index (χ0v) is 8.45. The number of hydrogen-bond acceptors (Lipinski definition) is 2. The van der Waals surface area contributed by atoms with Crippen molar-refractivity contribution in [1.82, 2.24) is 0 Å². The third-order valence-electron chi connectivity index (χ3n) is 1.98. The second kappa shape index (κ2) is 4.61. The predicted molar refractivity (Wildman–Crippen MR) is 57.3 cm³/mol. The zero-order chi connectivity index (χ0) is 10.6. The average molecular weight is 190 g/mol. The van der Waals surface area contributed by atoms with Gasteiger partial charge < -0.3 is 5.11 Å². The number of carbonyl (C=O) groups excluding carboxylic acids is 1. The second-order valence-corrected chi connectivity index (χ2v) is 2.76. The van der Waals surface area contributed by atoms with Crippen LogP contribution in [0.2, 0.25) is 0 Å². The molecule has 1 N–H and O–H groups in total. The number of rotatable bonds is 0. The lowest BCUT2D eigenvalue weighted by Gasteiger charge is -2.11. The first-order valence-corrected chi connectivity index (χ1v) is 4.81. The molecule has 0 fully saturated rings. The molecule has 0 unspecified atom stereocenters. The highest BCUT2D eigenvalue weighted by Gasteiger charge is 2.16. The summed E-state index contributed by atoms with van der Waals surface area (Å²) < 4.78 is 0. The molecule has 0 amide bonds. The van der Waals surface area contributed by atoms with Crippen LogP contribution in [0.15, 0.2) is 30.3 Å². The maximum absolute atomic E-state index is 11.3. The quantitative estimate of drug-likeness (QED) is 0.682. The summed E-state index contributed by atoms with van der Waals surface area (Å²) in [6.45, 7) is 4.00. The van der Waals surface area contributed by atoms with Crippen LogP contribution in [-0.4, -0.2) is 10.9 Å². The molecule has 0 saturated heterocycles. The summed E-state index contributed by atoms with van der Waals surface area (Å²) in [5.41, 5.74) is 1.27. The number of carbonyl (C=O) groups is 1. The van der Waals surface area contributed by atoms with Crippen LogP contribution in [0.25, 0.3) is 5.76 Å². The summed E-state index contributed by atoms with van der Waals surface area (Å²) >= 11 is 0. The smallest absolute Gasteiger partial charge is 0.167 e. The maximum Gasteiger partial charge on any atom is 0.167 e. The van der Waals surface area contributed by atoms with Gasteiger partial charge in [-0.05, 0) is 6.08 Å². The van der Waals surface area contributed by atoms with Gasteiger partial charge in [0.15, 0.2) is 5.78 Å². The van der Waals surface area contributed by atoms with E-state index in [4.69, 9.17) is 0 Å². The highest BCUT2D eigenvalue weighted by atomic mass is 16.3. The molecule has 0 saturated carbocycles. The van der Waals surface area contributed by atoms with E-state index in [1.54, 1.807) is 24.3 Å². The number of hydrogen-bond donors (Lipinski definition) is 1. The lowest BCUT2D eigenvalue weighted by atomic mass is 9.95. The number of ketones is 1. The first-order valence-electron chi connectivity index (χ1n) is 4.81. The predicted octanol–water partition coefficient (Wildman–Crippen LogP) is 3.20. The third-order valence-corrected chi connectivity index (χ3v) is 1.98. The first kappa shape index (κ1) is 10.5. The molecular formula is C12H14O2. The molecule has 0 bridgehead atoms. The van der Waals surface area contributed by atoms with Crippen molar-refractivity contribution >= 4 is 11.5 Å². The van der Waals surface area contributed by atoms with Gasteiger partial charge in [0.05, 0.1) is 0 Å². The van der Waals surface area contributed by atoms with Crippen molar-refractivity contribution in [2.75, 3.05) is 0 Å². The van der Waals surface area contributed by atoms with E-state index in [2.05, 4.69) is 0 Å². The van der Waals surface area contributed by atoms with Crippen molar-refractivity contribution in [3.8, 4) is 0 Å². The Kier molecular flexibility index (Phi) is 3.46. The van der Waals surface area contributed by atoms with Gasteiger partial charge in [-0.3, -0.25) is 4.79 Å². The molecule has 0 aromatic heterocycles. The van der Waals surface area contributed by atoms with Crippen molar-refractivity contribution in [2.24, 2.45) is 0 Å². The van der Waals surface area contributed by atoms with Crippen LogP contribution in [0.4, 0.5) is 0 Å².